The Morgan fingerprint density at radius 2 is 2.10 bits per heavy atom. The van der Waals surface area contributed by atoms with Gasteiger partial charge in [-0.3, -0.25) is 0 Å². The number of nitrogens with one attached hydrogen (secondary N) is 2. The maximum atomic E-state index is 13.0. The molecule has 0 radical (unpaired) electrons. The molecule has 0 aliphatic heterocycles. The molecule has 0 bridgehead atoms. The van der Waals surface area contributed by atoms with Crippen LogP contribution in [-0.4, -0.2) is 19.4 Å². The topological polar surface area (TPSA) is 97.1 Å². The quantitative estimate of drug-likeness (QED) is 0.732. The lowest BCUT2D eigenvalue weighted by molar-refractivity contribution is 0.575. The van der Waals surface area contributed by atoms with Crippen LogP contribution in [0.1, 0.15) is 13.8 Å². The van der Waals surface area contributed by atoms with Crippen molar-refractivity contribution in [3.8, 4) is 11.3 Å². The fraction of sp³-hybridized carbons (Fsp3) is 0.250. The summed E-state index contributed by atoms with van der Waals surface area (Å²) in [5, 5.41) is 1.86. The van der Waals surface area contributed by atoms with E-state index in [9.17, 15) is 12.8 Å². The zero-order valence-corrected chi connectivity index (χ0v) is 13.1. The summed E-state index contributed by atoms with van der Waals surface area (Å²) in [5.74, 6) is -0.437. The highest BCUT2D eigenvalue weighted by atomic mass is 32.2. The van der Waals surface area contributed by atoms with Crippen LogP contribution in [0.25, 0.3) is 11.3 Å². The predicted octanol–water partition coefficient (Wildman–Crippen LogP) is 2.19. The summed E-state index contributed by atoms with van der Waals surface area (Å²) in [6.45, 7) is 3.43. The van der Waals surface area contributed by atoms with Gasteiger partial charge in [0.05, 0.1) is 5.69 Å². The molecule has 0 aliphatic rings. The van der Waals surface area contributed by atoms with Crippen LogP contribution in [0, 0.1) is 5.82 Å². The second-order valence-corrected chi connectivity index (χ2v) is 6.95. The van der Waals surface area contributed by atoms with Gasteiger partial charge in [-0.05, 0) is 32.0 Å². The predicted molar refractivity (Wildman–Crippen MR) is 82.7 cm³/mol. The highest BCUT2D eigenvalue weighted by Crippen LogP contribution is 2.29. The first-order valence-electron chi connectivity index (χ1n) is 6.08. The van der Waals surface area contributed by atoms with Gasteiger partial charge in [0, 0.05) is 22.7 Å². The number of nitrogens with two attached hydrogens (primary N) is 1. The smallest absolute Gasteiger partial charge is 0.301 e. The number of halogens is 1. The van der Waals surface area contributed by atoms with Gasteiger partial charge >= 0.3 is 10.2 Å². The fourth-order valence-electron chi connectivity index (χ4n) is 1.67. The van der Waals surface area contributed by atoms with Gasteiger partial charge in [-0.25, -0.2) is 14.1 Å². The first-order chi connectivity index (χ1) is 9.77. The van der Waals surface area contributed by atoms with Crippen molar-refractivity contribution in [2.45, 2.75) is 19.9 Å². The van der Waals surface area contributed by atoms with Gasteiger partial charge in [-0.1, -0.05) is 0 Å². The molecule has 4 N–H and O–H groups in total. The highest BCUT2D eigenvalue weighted by Gasteiger charge is 2.15. The van der Waals surface area contributed by atoms with E-state index < -0.39 is 16.0 Å². The zero-order valence-electron chi connectivity index (χ0n) is 11.4. The average Bonchev–Trinajstić information content (AvgIpc) is 2.74. The first kappa shape index (κ1) is 15.7. The number of nitrogen functional groups attached to an aromatic ring is 1. The minimum Gasteiger partial charge on any atom is -0.398 e. The number of thiazole rings is 1. The summed E-state index contributed by atoms with van der Waals surface area (Å²) >= 11 is 1.12. The van der Waals surface area contributed by atoms with Crippen molar-refractivity contribution < 1.29 is 12.8 Å². The summed E-state index contributed by atoms with van der Waals surface area (Å²) in [4.78, 5) is 4.15. The SMILES string of the molecule is CC(C)NS(=O)(=O)Nc1nc(-c2ccc(F)cc2N)cs1. The monoisotopic (exact) mass is 330 g/mol. The van der Waals surface area contributed by atoms with Gasteiger partial charge in [-0.15, -0.1) is 11.3 Å². The molecule has 1 aromatic heterocycles. The molecule has 6 nitrogen and oxygen atoms in total. The van der Waals surface area contributed by atoms with Crippen molar-refractivity contribution in [3.63, 3.8) is 0 Å². The summed E-state index contributed by atoms with van der Waals surface area (Å²) in [7, 11) is -3.66. The first-order valence-corrected chi connectivity index (χ1v) is 8.44. The minimum absolute atomic E-state index is 0.210. The summed E-state index contributed by atoms with van der Waals surface area (Å²) in [5.41, 5.74) is 7.01. The average molecular weight is 330 g/mol. The van der Waals surface area contributed by atoms with Crippen molar-refractivity contribution in [1.29, 1.82) is 0 Å². The number of rotatable bonds is 5. The third kappa shape index (κ3) is 4.13. The van der Waals surface area contributed by atoms with Crippen LogP contribution in [0.3, 0.4) is 0 Å². The van der Waals surface area contributed by atoms with E-state index in [0.29, 0.717) is 11.3 Å². The number of benzene rings is 1. The van der Waals surface area contributed by atoms with Gasteiger partial charge < -0.3 is 5.73 Å². The fourth-order valence-corrected chi connectivity index (χ4v) is 3.70. The largest absolute Gasteiger partial charge is 0.398 e. The Labute approximate surface area is 126 Å². The molecule has 21 heavy (non-hydrogen) atoms. The van der Waals surface area contributed by atoms with Crippen LogP contribution in [-0.2, 0) is 10.2 Å². The van der Waals surface area contributed by atoms with Gasteiger partial charge in [0.1, 0.15) is 5.82 Å². The Hall–Kier alpha value is -1.71. The van der Waals surface area contributed by atoms with Crippen molar-refractivity contribution in [3.05, 3.63) is 29.4 Å². The van der Waals surface area contributed by atoms with E-state index >= 15 is 0 Å². The Morgan fingerprint density at radius 3 is 2.71 bits per heavy atom. The third-order valence-corrected chi connectivity index (χ3v) is 4.54. The van der Waals surface area contributed by atoms with Crippen molar-refractivity contribution >= 4 is 32.4 Å². The second-order valence-electron chi connectivity index (χ2n) is 4.65. The van der Waals surface area contributed by atoms with Crippen LogP contribution < -0.4 is 15.2 Å². The van der Waals surface area contributed by atoms with E-state index in [1.54, 1.807) is 19.2 Å². The molecule has 2 rings (SSSR count). The van der Waals surface area contributed by atoms with Crippen LogP contribution in [0.5, 0.6) is 0 Å². The van der Waals surface area contributed by atoms with E-state index in [2.05, 4.69) is 14.4 Å². The van der Waals surface area contributed by atoms with Gasteiger partial charge in [0.15, 0.2) is 5.13 Å². The maximum absolute atomic E-state index is 13.0. The van der Waals surface area contributed by atoms with Gasteiger partial charge in [-0.2, -0.15) is 13.1 Å². The standard InChI is InChI=1S/C12H15FN4O2S2/c1-7(2)16-21(18,19)17-12-15-11(6-20-12)9-4-3-8(13)5-10(9)14/h3-7,16H,14H2,1-2H3,(H,15,17). The lowest BCUT2D eigenvalue weighted by Gasteiger charge is -2.09. The number of aromatic nitrogens is 1. The molecule has 9 heteroatoms. The van der Waals surface area contributed by atoms with Crippen LogP contribution in [0.2, 0.25) is 0 Å². The molecule has 0 unspecified atom stereocenters. The molecule has 114 valence electrons. The van der Waals surface area contributed by atoms with E-state index in [0.717, 1.165) is 11.3 Å². The molecule has 0 saturated carbocycles. The molecule has 0 aliphatic carbocycles. The molecule has 1 aromatic carbocycles. The third-order valence-electron chi connectivity index (χ3n) is 2.41. The maximum Gasteiger partial charge on any atom is 0.301 e. The van der Waals surface area contributed by atoms with E-state index in [1.807, 2.05) is 0 Å². The minimum atomic E-state index is -3.66. The van der Waals surface area contributed by atoms with Gasteiger partial charge in [0.25, 0.3) is 0 Å². The summed E-state index contributed by atoms with van der Waals surface area (Å²) in [6, 6.07) is 3.74. The molecule has 0 saturated heterocycles. The number of hydrogen-bond acceptors (Lipinski definition) is 5. The van der Waals surface area contributed by atoms with Crippen LogP contribution in [0.4, 0.5) is 15.2 Å². The molecule has 0 spiro atoms. The second kappa shape index (κ2) is 5.96. The lowest BCUT2D eigenvalue weighted by Crippen LogP contribution is -2.35. The molecular weight excluding hydrogens is 315 g/mol. The van der Waals surface area contributed by atoms with Crippen molar-refractivity contribution in [2.24, 2.45) is 0 Å². The molecule has 1 heterocycles. The Kier molecular flexibility index (Phi) is 4.45. The van der Waals surface area contributed by atoms with Gasteiger partial charge in [0.2, 0.25) is 0 Å². The van der Waals surface area contributed by atoms with Crippen molar-refractivity contribution in [1.82, 2.24) is 9.71 Å². The molecule has 0 fully saturated rings. The summed E-state index contributed by atoms with van der Waals surface area (Å²) < 4.78 is 41.2. The highest BCUT2D eigenvalue weighted by molar-refractivity contribution is 7.91. The number of hydrogen-bond donors (Lipinski definition) is 3. The Bertz CT molecular complexity index is 743. The number of anilines is 2. The van der Waals surface area contributed by atoms with E-state index in [1.165, 1.54) is 18.2 Å². The molecule has 2 aromatic rings. The van der Waals surface area contributed by atoms with Crippen LogP contribution >= 0.6 is 11.3 Å². The van der Waals surface area contributed by atoms with E-state index in [4.69, 9.17) is 5.73 Å². The summed E-state index contributed by atoms with van der Waals surface area (Å²) in [6.07, 6.45) is 0. The molecular formula is C12H15FN4O2S2. The molecule has 0 atom stereocenters. The number of nitrogens with zero attached hydrogens (tertiary/aromatic N) is 1. The normalized spacial score (nSPS) is 11.8. The lowest BCUT2D eigenvalue weighted by atomic mass is 10.1. The molecule has 0 amide bonds. The van der Waals surface area contributed by atoms with Crippen LogP contribution in [0.15, 0.2) is 23.6 Å². The zero-order chi connectivity index (χ0) is 15.6. The van der Waals surface area contributed by atoms with E-state index in [-0.39, 0.29) is 16.9 Å². The van der Waals surface area contributed by atoms with Crippen molar-refractivity contribution in [2.75, 3.05) is 10.5 Å². The Balaban J connectivity index is 2.22. The Morgan fingerprint density at radius 1 is 1.38 bits per heavy atom.